The highest BCUT2D eigenvalue weighted by molar-refractivity contribution is 4.95. The van der Waals surface area contributed by atoms with Crippen LogP contribution in [0.15, 0.2) is 12.2 Å². The molecule has 1 aliphatic carbocycles. The molecule has 0 spiro atoms. The van der Waals surface area contributed by atoms with E-state index in [2.05, 4.69) is 12.2 Å². The van der Waals surface area contributed by atoms with E-state index < -0.39 is 0 Å². The molecule has 1 atom stereocenters. The zero-order valence-electron chi connectivity index (χ0n) is 5.17. The average molecular weight is 112 g/mol. The van der Waals surface area contributed by atoms with Crippen LogP contribution < -0.4 is 0 Å². The summed E-state index contributed by atoms with van der Waals surface area (Å²) in [5.74, 6) is 0.509. The Bertz CT molecular complexity index is 86.6. The summed E-state index contributed by atoms with van der Waals surface area (Å²) < 4.78 is 0. The highest BCUT2D eigenvalue weighted by Crippen LogP contribution is 2.20. The van der Waals surface area contributed by atoms with Crippen molar-refractivity contribution in [3.63, 3.8) is 0 Å². The molecule has 0 aromatic carbocycles. The second kappa shape index (κ2) is 2.31. The van der Waals surface area contributed by atoms with E-state index in [1.165, 1.54) is 0 Å². The fourth-order valence-corrected chi connectivity index (χ4v) is 1.03. The first kappa shape index (κ1) is 5.83. The lowest BCUT2D eigenvalue weighted by atomic mass is 10.0. The predicted octanol–water partition coefficient (Wildman–Crippen LogP) is 1.33. The average Bonchev–Trinajstić information content (AvgIpc) is 2.12. The molecule has 1 N–H and O–H groups in total. The Balaban J connectivity index is 2.29. The quantitative estimate of drug-likeness (QED) is 0.507. The molecule has 0 amide bonds. The van der Waals surface area contributed by atoms with Crippen molar-refractivity contribution in [3.05, 3.63) is 12.2 Å². The Morgan fingerprint density at radius 3 is 2.25 bits per heavy atom. The molecule has 0 unspecified atom stereocenters. The summed E-state index contributed by atoms with van der Waals surface area (Å²) in [6.07, 6.45) is 6.29. The lowest BCUT2D eigenvalue weighted by Gasteiger charge is -2.10. The molecular formula is C7H12O. The van der Waals surface area contributed by atoms with E-state index in [1.54, 1.807) is 0 Å². The third-order valence-electron chi connectivity index (χ3n) is 1.73. The molecule has 0 aromatic heterocycles. The van der Waals surface area contributed by atoms with Crippen LogP contribution in [-0.4, -0.2) is 11.2 Å². The number of allylic oxidation sites excluding steroid dienone is 2. The van der Waals surface area contributed by atoms with E-state index in [9.17, 15) is 0 Å². The fraction of sp³-hybridized carbons (Fsp3) is 0.714. The van der Waals surface area contributed by atoms with Crippen LogP contribution in [0.25, 0.3) is 0 Å². The highest BCUT2D eigenvalue weighted by atomic mass is 16.3. The van der Waals surface area contributed by atoms with Crippen LogP contribution in [0, 0.1) is 5.92 Å². The number of hydrogen-bond donors (Lipinski definition) is 1. The highest BCUT2D eigenvalue weighted by Gasteiger charge is 2.14. The lowest BCUT2D eigenvalue weighted by Crippen LogP contribution is -2.12. The third-order valence-corrected chi connectivity index (χ3v) is 1.73. The Morgan fingerprint density at radius 1 is 1.50 bits per heavy atom. The van der Waals surface area contributed by atoms with Crippen molar-refractivity contribution in [2.24, 2.45) is 5.92 Å². The topological polar surface area (TPSA) is 20.2 Å². The fourth-order valence-electron chi connectivity index (χ4n) is 1.03. The van der Waals surface area contributed by atoms with Crippen molar-refractivity contribution >= 4 is 0 Å². The van der Waals surface area contributed by atoms with Crippen LogP contribution in [0.4, 0.5) is 0 Å². The molecule has 0 aromatic rings. The van der Waals surface area contributed by atoms with E-state index in [0.29, 0.717) is 5.92 Å². The first-order valence-electron chi connectivity index (χ1n) is 3.14. The maximum atomic E-state index is 9.01. The maximum absolute atomic E-state index is 9.01. The molecule has 0 radical (unpaired) electrons. The zero-order chi connectivity index (χ0) is 5.98. The second-order valence-corrected chi connectivity index (χ2v) is 2.44. The standard InChI is InChI=1S/C7H12O/c1-6(8)7-4-2-3-5-7/h2-3,6-8H,4-5H2,1H3/t6-/m0/s1. The largest absolute Gasteiger partial charge is 0.393 e. The smallest absolute Gasteiger partial charge is 0.0546 e. The molecule has 0 saturated carbocycles. The molecule has 8 heavy (non-hydrogen) atoms. The molecule has 0 fully saturated rings. The minimum Gasteiger partial charge on any atom is -0.393 e. The maximum Gasteiger partial charge on any atom is 0.0546 e. The van der Waals surface area contributed by atoms with Crippen molar-refractivity contribution in [1.29, 1.82) is 0 Å². The van der Waals surface area contributed by atoms with Gasteiger partial charge in [0.05, 0.1) is 6.10 Å². The molecule has 0 bridgehead atoms. The number of aliphatic hydroxyl groups excluding tert-OH is 1. The van der Waals surface area contributed by atoms with Gasteiger partial charge in [-0.05, 0) is 25.7 Å². The number of aliphatic hydroxyl groups is 1. The molecule has 1 rings (SSSR count). The summed E-state index contributed by atoms with van der Waals surface area (Å²) in [4.78, 5) is 0. The molecule has 1 nitrogen and oxygen atoms in total. The van der Waals surface area contributed by atoms with Crippen LogP contribution in [0.2, 0.25) is 0 Å². The summed E-state index contributed by atoms with van der Waals surface area (Å²) in [6, 6.07) is 0. The Kier molecular flexibility index (Phi) is 1.69. The molecule has 1 heteroatoms. The van der Waals surface area contributed by atoms with Crippen LogP contribution in [0.5, 0.6) is 0 Å². The lowest BCUT2D eigenvalue weighted by molar-refractivity contribution is 0.132. The van der Waals surface area contributed by atoms with E-state index >= 15 is 0 Å². The molecule has 0 saturated heterocycles. The molecule has 0 heterocycles. The van der Waals surface area contributed by atoms with Gasteiger partial charge < -0.3 is 5.11 Å². The Labute approximate surface area is 50.0 Å². The van der Waals surface area contributed by atoms with Crippen molar-refractivity contribution < 1.29 is 5.11 Å². The summed E-state index contributed by atoms with van der Waals surface area (Å²) in [6.45, 7) is 1.86. The predicted molar refractivity (Wildman–Crippen MR) is 33.5 cm³/mol. The van der Waals surface area contributed by atoms with Crippen molar-refractivity contribution in [2.45, 2.75) is 25.9 Å². The second-order valence-electron chi connectivity index (χ2n) is 2.44. The van der Waals surface area contributed by atoms with Gasteiger partial charge in [0, 0.05) is 0 Å². The van der Waals surface area contributed by atoms with Crippen molar-refractivity contribution in [2.75, 3.05) is 0 Å². The molecule has 46 valence electrons. The number of rotatable bonds is 1. The summed E-state index contributed by atoms with van der Waals surface area (Å²) in [5, 5.41) is 9.01. The van der Waals surface area contributed by atoms with E-state index in [-0.39, 0.29) is 6.10 Å². The normalized spacial score (nSPS) is 24.2. The Morgan fingerprint density at radius 2 is 2.00 bits per heavy atom. The molecule has 1 aliphatic rings. The van der Waals surface area contributed by atoms with Gasteiger partial charge in [-0.25, -0.2) is 0 Å². The molecule has 0 aliphatic heterocycles. The van der Waals surface area contributed by atoms with Gasteiger partial charge in [-0.1, -0.05) is 12.2 Å². The van der Waals surface area contributed by atoms with E-state index in [0.717, 1.165) is 12.8 Å². The first-order valence-corrected chi connectivity index (χ1v) is 3.14. The first-order chi connectivity index (χ1) is 3.80. The van der Waals surface area contributed by atoms with Gasteiger partial charge in [-0.15, -0.1) is 0 Å². The van der Waals surface area contributed by atoms with Crippen molar-refractivity contribution in [3.8, 4) is 0 Å². The van der Waals surface area contributed by atoms with Gasteiger partial charge in [0.2, 0.25) is 0 Å². The van der Waals surface area contributed by atoms with Gasteiger partial charge in [0.1, 0.15) is 0 Å². The van der Waals surface area contributed by atoms with Crippen molar-refractivity contribution in [1.82, 2.24) is 0 Å². The van der Waals surface area contributed by atoms with Crippen LogP contribution in [0.1, 0.15) is 19.8 Å². The van der Waals surface area contributed by atoms with Gasteiger partial charge >= 0.3 is 0 Å². The summed E-state index contributed by atoms with van der Waals surface area (Å²) in [7, 11) is 0. The van der Waals surface area contributed by atoms with Gasteiger partial charge in [0.25, 0.3) is 0 Å². The van der Waals surface area contributed by atoms with Gasteiger partial charge in [-0.2, -0.15) is 0 Å². The third kappa shape index (κ3) is 1.10. The summed E-state index contributed by atoms with van der Waals surface area (Å²) >= 11 is 0. The molecular weight excluding hydrogens is 100 g/mol. The SMILES string of the molecule is C[C@H](O)C1CC=CC1. The van der Waals surface area contributed by atoms with Crippen LogP contribution in [-0.2, 0) is 0 Å². The minimum absolute atomic E-state index is 0.120. The number of hydrogen-bond acceptors (Lipinski definition) is 1. The minimum atomic E-state index is -0.120. The van der Waals surface area contributed by atoms with E-state index in [1.807, 2.05) is 6.92 Å². The van der Waals surface area contributed by atoms with E-state index in [4.69, 9.17) is 5.11 Å². The van der Waals surface area contributed by atoms with Gasteiger partial charge in [-0.3, -0.25) is 0 Å². The summed E-state index contributed by atoms with van der Waals surface area (Å²) in [5.41, 5.74) is 0. The van der Waals surface area contributed by atoms with Gasteiger partial charge in [0.15, 0.2) is 0 Å². The van der Waals surface area contributed by atoms with Crippen LogP contribution >= 0.6 is 0 Å². The monoisotopic (exact) mass is 112 g/mol. The Hall–Kier alpha value is -0.300. The zero-order valence-corrected chi connectivity index (χ0v) is 5.17. The van der Waals surface area contributed by atoms with Crippen LogP contribution in [0.3, 0.4) is 0 Å².